The Morgan fingerprint density at radius 3 is 1.88 bits per heavy atom. The zero-order valence-corrected chi connectivity index (χ0v) is 17.6. The normalized spacial score (nSPS) is 37.4. The van der Waals surface area contributed by atoms with E-state index in [1.165, 1.54) is 19.3 Å². The molecule has 0 aromatic carbocycles. The Kier molecular flexibility index (Phi) is 5.80. The van der Waals surface area contributed by atoms with Gasteiger partial charge in [-0.3, -0.25) is 5.32 Å². The van der Waals surface area contributed by atoms with Crippen LogP contribution in [0.2, 0.25) is 0 Å². The molecule has 3 unspecified atom stereocenters. The highest BCUT2D eigenvalue weighted by Gasteiger charge is 2.52. The van der Waals surface area contributed by atoms with Gasteiger partial charge in [-0.15, -0.1) is 0 Å². The second-order valence-corrected chi connectivity index (χ2v) is 10.4. The first kappa shape index (κ1) is 20.2. The summed E-state index contributed by atoms with van der Waals surface area (Å²) in [7, 11) is 0. The highest BCUT2D eigenvalue weighted by atomic mass is 16.5. The monoisotopic (exact) mass is 338 g/mol. The first-order valence-corrected chi connectivity index (χ1v) is 10.1. The van der Waals surface area contributed by atoms with Crippen LogP contribution in [0.3, 0.4) is 0 Å². The molecule has 0 aromatic heterocycles. The van der Waals surface area contributed by atoms with Crippen LogP contribution in [0, 0.1) is 23.7 Å². The minimum absolute atomic E-state index is 0.0369. The Bertz CT molecular complexity index is 414. The van der Waals surface area contributed by atoms with E-state index in [1.54, 1.807) is 0 Å². The van der Waals surface area contributed by atoms with E-state index in [2.05, 4.69) is 72.9 Å². The third-order valence-corrected chi connectivity index (χ3v) is 6.73. The Labute approximate surface area is 150 Å². The zero-order chi connectivity index (χ0) is 18.3. The standard InChI is InChI=1S/C21H42N2O/c1-14(2)16-11-10-12-17(15(3)4)18(16)22-20(7,8)21(9)23-19(5,6)13-24-21/h14-18,22-23H,10-13H2,1-9H3. The summed E-state index contributed by atoms with van der Waals surface area (Å²) in [4.78, 5) is 0. The van der Waals surface area contributed by atoms with Crippen molar-refractivity contribution in [2.75, 3.05) is 6.61 Å². The molecule has 0 radical (unpaired) electrons. The van der Waals surface area contributed by atoms with Gasteiger partial charge in [0.25, 0.3) is 0 Å². The number of ether oxygens (including phenoxy) is 1. The molecule has 0 amide bonds. The van der Waals surface area contributed by atoms with Gasteiger partial charge in [-0.2, -0.15) is 0 Å². The topological polar surface area (TPSA) is 33.3 Å². The summed E-state index contributed by atoms with van der Waals surface area (Å²) >= 11 is 0. The Balaban J connectivity index is 2.23. The fourth-order valence-electron chi connectivity index (χ4n) is 4.91. The molecule has 1 saturated carbocycles. The smallest absolute Gasteiger partial charge is 0.134 e. The van der Waals surface area contributed by atoms with Gasteiger partial charge in [0.1, 0.15) is 5.72 Å². The number of nitrogens with one attached hydrogen (secondary N) is 2. The summed E-state index contributed by atoms with van der Waals surface area (Å²) in [6, 6.07) is 0.569. The zero-order valence-electron chi connectivity index (χ0n) is 17.6. The van der Waals surface area contributed by atoms with Crippen LogP contribution in [0.5, 0.6) is 0 Å². The van der Waals surface area contributed by atoms with Crippen LogP contribution < -0.4 is 10.6 Å². The molecule has 0 spiro atoms. The van der Waals surface area contributed by atoms with Crippen LogP contribution in [0.1, 0.15) is 81.6 Å². The lowest BCUT2D eigenvalue weighted by molar-refractivity contribution is -0.0734. The summed E-state index contributed by atoms with van der Waals surface area (Å²) in [5.41, 5.74) is -0.421. The molecule has 1 aliphatic heterocycles. The van der Waals surface area contributed by atoms with Crippen molar-refractivity contribution >= 4 is 0 Å². The van der Waals surface area contributed by atoms with Crippen molar-refractivity contribution in [1.29, 1.82) is 0 Å². The van der Waals surface area contributed by atoms with Crippen molar-refractivity contribution in [2.45, 2.75) is 104 Å². The predicted molar refractivity (Wildman–Crippen MR) is 103 cm³/mol. The van der Waals surface area contributed by atoms with E-state index in [0.717, 1.165) is 30.3 Å². The highest BCUT2D eigenvalue weighted by molar-refractivity contribution is 5.07. The number of hydrogen-bond donors (Lipinski definition) is 2. The summed E-state index contributed by atoms with van der Waals surface area (Å²) in [6.45, 7) is 21.6. The molecule has 142 valence electrons. The second-order valence-electron chi connectivity index (χ2n) is 10.4. The summed E-state index contributed by atoms with van der Waals surface area (Å²) < 4.78 is 6.28. The Morgan fingerprint density at radius 1 is 1.00 bits per heavy atom. The molecule has 2 N–H and O–H groups in total. The molecular weight excluding hydrogens is 296 g/mol. The van der Waals surface area contributed by atoms with E-state index in [-0.39, 0.29) is 16.8 Å². The molecule has 1 heterocycles. The summed E-state index contributed by atoms with van der Waals surface area (Å²) in [6.07, 6.45) is 4.08. The van der Waals surface area contributed by atoms with Gasteiger partial charge in [0.2, 0.25) is 0 Å². The molecule has 2 aliphatic rings. The molecule has 24 heavy (non-hydrogen) atoms. The third-order valence-electron chi connectivity index (χ3n) is 6.73. The first-order chi connectivity index (χ1) is 10.9. The summed E-state index contributed by atoms with van der Waals surface area (Å²) in [5, 5.41) is 7.83. The third kappa shape index (κ3) is 3.99. The molecule has 3 atom stereocenters. The lowest BCUT2D eigenvalue weighted by Crippen LogP contribution is -2.69. The van der Waals surface area contributed by atoms with E-state index in [9.17, 15) is 0 Å². The highest BCUT2D eigenvalue weighted by Crippen LogP contribution is 2.40. The van der Waals surface area contributed by atoms with Gasteiger partial charge in [0, 0.05) is 11.6 Å². The first-order valence-electron chi connectivity index (χ1n) is 10.1. The van der Waals surface area contributed by atoms with Crippen molar-refractivity contribution < 1.29 is 4.74 Å². The van der Waals surface area contributed by atoms with Gasteiger partial charge in [0.05, 0.1) is 12.1 Å². The molecule has 1 aliphatic carbocycles. The SMILES string of the molecule is CC(C)C1CCCC(C(C)C)C1NC(C)(C)C1(C)NC(C)(C)CO1. The molecule has 3 heteroatoms. The second kappa shape index (κ2) is 6.89. The maximum Gasteiger partial charge on any atom is 0.134 e. The molecule has 2 fully saturated rings. The van der Waals surface area contributed by atoms with Gasteiger partial charge in [-0.25, -0.2) is 0 Å². The molecule has 0 aromatic rings. The average molecular weight is 339 g/mol. The van der Waals surface area contributed by atoms with Crippen LogP contribution in [-0.2, 0) is 4.74 Å². The number of rotatable bonds is 5. The van der Waals surface area contributed by atoms with E-state index >= 15 is 0 Å². The minimum atomic E-state index is -0.336. The van der Waals surface area contributed by atoms with Crippen molar-refractivity contribution in [2.24, 2.45) is 23.7 Å². The molecular formula is C21H42N2O. The van der Waals surface area contributed by atoms with Crippen LogP contribution in [0.25, 0.3) is 0 Å². The van der Waals surface area contributed by atoms with Crippen LogP contribution in [0.15, 0.2) is 0 Å². The van der Waals surface area contributed by atoms with E-state index in [0.29, 0.717) is 6.04 Å². The largest absolute Gasteiger partial charge is 0.357 e. The number of hydrogen-bond acceptors (Lipinski definition) is 3. The van der Waals surface area contributed by atoms with E-state index in [4.69, 9.17) is 4.74 Å². The maximum absolute atomic E-state index is 6.28. The molecule has 0 bridgehead atoms. The summed E-state index contributed by atoms with van der Waals surface area (Å²) in [5.74, 6) is 2.95. The molecule has 2 rings (SSSR count). The van der Waals surface area contributed by atoms with Gasteiger partial charge in [0.15, 0.2) is 0 Å². The van der Waals surface area contributed by atoms with Crippen molar-refractivity contribution in [3.8, 4) is 0 Å². The van der Waals surface area contributed by atoms with E-state index in [1.807, 2.05) is 0 Å². The van der Waals surface area contributed by atoms with Gasteiger partial charge in [-0.05, 0) is 71.1 Å². The van der Waals surface area contributed by atoms with Gasteiger partial charge < -0.3 is 10.1 Å². The van der Waals surface area contributed by atoms with Crippen LogP contribution in [0.4, 0.5) is 0 Å². The average Bonchev–Trinajstić information content (AvgIpc) is 2.73. The quantitative estimate of drug-likeness (QED) is 0.770. The fraction of sp³-hybridized carbons (Fsp3) is 1.00. The lowest BCUT2D eigenvalue weighted by atomic mass is 9.67. The van der Waals surface area contributed by atoms with Crippen molar-refractivity contribution in [3.63, 3.8) is 0 Å². The van der Waals surface area contributed by atoms with Crippen molar-refractivity contribution in [1.82, 2.24) is 10.6 Å². The van der Waals surface area contributed by atoms with Crippen LogP contribution in [-0.4, -0.2) is 29.5 Å². The van der Waals surface area contributed by atoms with Gasteiger partial charge in [-0.1, -0.05) is 34.1 Å². The predicted octanol–water partition coefficient (Wildman–Crippen LogP) is 4.57. The van der Waals surface area contributed by atoms with Crippen molar-refractivity contribution in [3.05, 3.63) is 0 Å². The molecule has 1 saturated heterocycles. The van der Waals surface area contributed by atoms with E-state index < -0.39 is 0 Å². The Hall–Kier alpha value is -0.120. The fourth-order valence-corrected chi connectivity index (χ4v) is 4.91. The minimum Gasteiger partial charge on any atom is -0.357 e. The molecule has 3 nitrogen and oxygen atoms in total. The van der Waals surface area contributed by atoms with Gasteiger partial charge >= 0.3 is 0 Å². The lowest BCUT2D eigenvalue weighted by Gasteiger charge is -2.50. The van der Waals surface area contributed by atoms with Crippen LogP contribution >= 0.6 is 0 Å². The Morgan fingerprint density at radius 2 is 1.50 bits per heavy atom. The maximum atomic E-state index is 6.28.